The molecule has 0 atom stereocenters. The van der Waals surface area contributed by atoms with E-state index >= 15 is 0 Å². The number of nitrogens with zero attached hydrogens (tertiary/aromatic N) is 1. The summed E-state index contributed by atoms with van der Waals surface area (Å²) >= 11 is 5.51. The molecule has 4 nitrogen and oxygen atoms in total. The van der Waals surface area contributed by atoms with Crippen LogP contribution in [0.4, 0.5) is 5.69 Å². The van der Waals surface area contributed by atoms with Crippen molar-refractivity contribution in [3.63, 3.8) is 0 Å². The highest BCUT2D eigenvalue weighted by Crippen LogP contribution is 2.23. The molecule has 0 bridgehead atoms. The molecule has 2 aromatic carbocycles. The number of amides is 1. The van der Waals surface area contributed by atoms with E-state index in [1.807, 2.05) is 43.3 Å². The molecule has 0 fully saturated rings. The van der Waals surface area contributed by atoms with Gasteiger partial charge < -0.3 is 10.1 Å². The summed E-state index contributed by atoms with van der Waals surface area (Å²) in [6, 6.07) is 14.7. The summed E-state index contributed by atoms with van der Waals surface area (Å²) in [5, 5.41) is 12.0. The normalized spacial score (nSPS) is 10.8. The van der Waals surface area contributed by atoms with Gasteiger partial charge >= 0.3 is 0 Å². The van der Waals surface area contributed by atoms with E-state index in [2.05, 4.69) is 43.8 Å². The number of nitriles is 1. The number of hydrogen-bond donors (Lipinski definition) is 1. The van der Waals surface area contributed by atoms with Gasteiger partial charge in [0.15, 0.2) is 0 Å². The number of ether oxygens (including phenoxy) is 1. The first-order valence-corrected chi connectivity index (χ1v) is 9.01. The number of halogens is 2. The van der Waals surface area contributed by atoms with Crippen LogP contribution < -0.4 is 10.1 Å². The number of rotatable bonds is 5. The lowest BCUT2D eigenvalue weighted by Crippen LogP contribution is -2.13. The van der Waals surface area contributed by atoms with Crippen molar-refractivity contribution in [1.82, 2.24) is 0 Å². The maximum absolute atomic E-state index is 12.3. The maximum atomic E-state index is 12.3. The fraction of sp³-hybridized carbons (Fsp3) is 0.111. The highest BCUT2D eigenvalue weighted by Gasteiger charge is 2.10. The molecule has 0 spiro atoms. The van der Waals surface area contributed by atoms with Gasteiger partial charge in [-0.05, 0) is 71.5 Å². The molecule has 1 N–H and O–H groups in total. The molecule has 2 rings (SSSR count). The van der Waals surface area contributed by atoms with E-state index in [9.17, 15) is 10.1 Å². The second-order valence-electron chi connectivity index (χ2n) is 4.76. The van der Waals surface area contributed by atoms with Gasteiger partial charge in [-0.15, -0.1) is 0 Å². The molecule has 0 unspecified atom stereocenters. The third kappa shape index (κ3) is 5.08. The van der Waals surface area contributed by atoms with Crippen LogP contribution in [-0.4, -0.2) is 12.5 Å². The first kappa shape index (κ1) is 18.5. The fourth-order valence-electron chi connectivity index (χ4n) is 1.96. The van der Waals surface area contributed by atoms with Crippen molar-refractivity contribution in [2.45, 2.75) is 6.92 Å². The smallest absolute Gasteiger partial charge is 0.266 e. The van der Waals surface area contributed by atoms with Crippen molar-refractivity contribution in [3.8, 4) is 11.8 Å². The van der Waals surface area contributed by atoms with Crippen LogP contribution in [0.1, 0.15) is 12.5 Å². The lowest BCUT2D eigenvalue weighted by atomic mass is 10.1. The van der Waals surface area contributed by atoms with E-state index in [1.54, 1.807) is 18.2 Å². The molecule has 24 heavy (non-hydrogen) atoms. The zero-order valence-electron chi connectivity index (χ0n) is 12.8. The SMILES string of the molecule is CCOc1ccc(/C=C(\C#N)C(=O)Nc2cccc(Br)c2)cc1I. The second-order valence-corrected chi connectivity index (χ2v) is 6.84. The number of nitrogens with one attached hydrogen (secondary N) is 1. The van der Waals surface area contributed by atoms with Crippen LogP contribution in [0.25, 0.3) is 6.08 Å². The van der Waals surface area contributed by atoms with E-state index in [4.69, 9.17) is 4.74 Å². The number of carbonyl (C=O) groups excluding carboxylic acids is 1. The summed E-state index contributed by atoms with van der Waals surface area (Å²) in [5.74, 6) is 0.340. The minimum atomic E-state index is -0.445. The van der Waals surface area contributed by atoms with Gasteiger partial charge in [0, 0.05) is 10.2 Å². The molecule has 6 heteroatoms. The van der Waals surface area contributed by atoms with Crippen LogP contribution >= 0.6 is 38.5 Å². The lowest BCUT2D eigenvalue weighted by molar-refractivity contribution is -0.112. The van der Waals surface area contributed by atoms with Crippen molar-refractivity contribution in [1.29, 1.82) is 5.26 Å². The molecule has 0 radical (unpaired) electrons. The van der Waals surface area contributed by atoms with Gasteiger partial charge in [-0.1, -0.05) is 28.1 Å². The molecule has 0 saturated heterocycles. The summed E-state index contributed by atoms with van der Waals surface area (Å²) in [5.41, 5.74) is 1.43. The minimum Gasteiger partial charge on any atom is -0.493 e. The summed E-state index contributed by atoms with van der Waals surface area (Å²) in [6.07, 6.45) is 1.56. The van der Waals surface area contributed by atoms with Crippen LogP contribution in [0, 0.1) is 14.9 Å². The van der Waals surface area contributed by atoms with Crippen LogP contribution in [0.2, 0.25) is 0 Å². The molecule has 2 aromatic rings. The molecule has 1 amide bonds. The molecule has 122 valence electrons. The van der Waals surface area contributed by atoms with Crippen LogP contribution in [0.5, 0.6) is 5.75 Å². The summed E-state index contributed by atoms with van der Waals surface area (Å²) in [6.45, 7) is 2.51. The first-order valence-electron chi connectivity index (χ1n) is 7.14. The third-order valence-electron chi connectivity index (χ3n) is 3.01. The Morgan fingerprint density at radius 1 is 1.38 bits per heavy atom. The van der Waals surface area contributed by atoms with Gasteiger partial charge in [-0.2, -0.15) is 5.26 Å². The molecular formula is C18H14BrIN2O2. The average Bonchev–Trinajstić information content (AvgIpc) is 2.55. The third-order valence-corrected chi connectivity index (χ3v) is 4.35. The van der Waals surface area contributed by atoms with Crippen LogP contribution in [0.3, 0.4) is 0 Å². The Morgan fingerprint density at radius 3 is 2.79 bits per heavy atom. The number of benzene rings is 2. The van der Waals surface area contributed by atoms with Crippen LogP contribution in [0.15, 0.2) is 52.5 Å². The molecule has 0 aliphatic rings. The van der Waals surface area contributed by atoms with Crippen molar-refractivity contribution in [2.75, 3.05) is 11.9 Å². The second kappa shape index (κ2) is 8.85. The zero-order chi connectivity index (χ0) is 17.5. The number of anilines is 1. The Kier molecular flexibility index (Phi) is 6.82. The van der Waals surface area contributed by atoms with Gasteiger partial charge in [0.2, 0.25) is 0 Å². The van der Waals surface area contributed by atoms with Crippen molar-refractivity contribution < 1.29 is 9.53 Å². The zero-order valence-corrected chi connectivity index (χ0v) is 16.6. The van der Waals surface area contributed by atoms with E-state index < -0.39 is 5.91 Å². The fourth-order valence-corrected chi connectivity index (χ4v) is 3.05. The molecule has 0 heterocycles. The molecule has 0 saturated carbocycles. The Labute approximate surface area is 162 Å². The van der Waals surface area contributed by atoms with E-state index in [1.165, 1.54) is 0 Å². The summed E-state index contributed by atoms with van der Waals surface area (Å²) in [4.78, 5) is 12.3. The maximum Gasteiger partial charge on any atom is 0.266 e. The Hall–Kier alpha value is -1.85. The van der Waals surface area contributed by atoms with E-state index in [0.29, 0.717) is 12.3 Å². The molecule has 0 aliphatic heterocycles. The van der Waals surface area contributed by atoms with Gasteiger partial charge in [0.25, 0.3) is 5.91 Å². The van der Waals surface area contributed by atoms with Gasteiger partial charge in [-0.25, -0.2) is 0 Å². The monoisotopic (exact) mass is 496 g/mol. The minimum absolute atomic E-state index is 0.0370. The standard InChI is InChI=1S/C18H14BrIN2O2/c1-2-24-17-7-6-12(9-16(17)20)8-13(11-21)18(23)22-15-5-3-4-14(19)10-15/h3-10H,2H2,1H3,(H,22,23)/b13-8+. The highest BCUT2D eigenvalue weighted by atomic mass is 127. The van der Waals surface area contributed by atoms with Gasteiger partial charge in [0.1, 0.15) is 17.4 Å². The number of carbonyl (C=O) groups is 1. The Balaban J connectivity index is 2.21. The Bertz CT molecular complexity index is 828. The average molecular weight is 497 g/mol. The molecule has 0 aromatic heterocycles. The van der Waals surface area contributed by atoms with E-state index in [-0.39, 0.29) is 5.57 Å². The lowest BCUT2D eigenvalue weighted by Gasteiger charge is -2.07. The van der Waals surface area contributed by atoms with E-state index in [0.717, 1.165) is 19.4 Å². The number of hydrogen-bond acceptors (Lipinski definition) is 3. The topological polar surface area (TPSA) is 62.1 Å². The molecule has 0 aliphatic carbocycles. The van der Waals surface area contributed by atoms with Crippen molar-refractivity contribution in [2.24, 2.45) is 0 Å². The van der Waals surface area contributed by atoms with Crippen molar-refractivity contribution >= 4 is 56.2 Å². The predicted molar refractivity (Wildman–Crippen MR) is 107 cm³/mol. The molecular weight excluding hydrogens is 483 g/mol. The van der Waals surface area contributed by atoms with Gasteiger partial charge in [0.05, 0.1) is 10.2 Å². The Morgan fingerprint density at radius 2 is 2.17 bits per heavy atom. The summed E-state index contributed by atoms with van der Waals surface area (Å²) < 4.78 is 7.26. The predicted octanol–water partition coefficient (Wildman–Crippen LogP) is 5.00. The quantitative estimate of drug-likeness (QED) is 0.360. The summed E-state index contributed by atoms with van der Waals surface area (Å²) in [7, 11) is 0. The highest BCUT2D eigenvalue weighted by molar-refractivity contribution is 14.1. The van der Waals surface area contributed by atoms with Gasteiger partial charge in [-0.3, -0.25) is 4.79 Å². The largest absolute Gasteiger partial charge is 0.493 e. The van der Waals surface area contributed by atoms with Crippen LogP contribution in [-0.2, 0) is 4.79 Å². The van der Waals surface area contributed by atoms with Crippen molar-refractivity contribution in [3.05, 3.63) is 61.6 Å². The first-order chi connectivity index (χ1) is 11.5.